The summed E-state index contributed by atoms with van der Waals surface area (Å²) in [6.07, 6.45) is 2.67. The summed E-state index contributed by atoms with van der Waals surface area (Å²) in [5, 5.41) is 5.07. The van der Waals surface area contributed by atoms with E-state index >= 15 is 0 Å². The van der Waals surface area contributed by atoms with Gasteiger partial charge in [-0.15, -0.1) is 11.3 Å². The lowest BCUT2D eigenvalue weighted by atomic mass is 9.99. The van der Waals surface area contributed by atoms with E-state index in [9.17, 15) is 4.79 Å². The minimum atomic E-state index is 0.164. The molecule has 88 valence electrons. The van der Waals surface area contributed by atoms with Gasteiger partial charge in [-0.2, -0.15) is 0 Å². The van der Waals surface area contributed by atoms with E-state index in [1.54, 1.807) is 11.3 Å². The number of rotatable bonds is 4. The number of carbonyl (C=O) groups is 1. The minimum absolute atomic E-state index is 0.164. The quantitative estimate of drug-likeness (QED) is 0.870. The van der Waals surface area contributed by atoms with Gasteiger partial charge in [0, 0.05) is 30.6 Å². The smallest absolute Gasteiger partial charge is 0.223 e. The first-order valence-electron chi connectivity index (χ1n) is 5.74. The van der Waals surface area contributed by atoms with E-state index in [2.05, 4.69) is 16.8 Å². The number of hydrogen-bond donors (Lipinski definition) is 1. The third-order valence-corrected chi connectivity index (χ3v) is 3.78. The highest BCUT2D eigenvalue weighted by molar-refractivity contribution is 7.09. The Morgan fingerprint density at radius 3 is 3.00 bits per heavy atom. The zero-order valence-electron chi connectivity index (χ0n) is 9.28. The van der Waals surface area contributed by atoms with Gasteiger partial charge < -0.3 is 10.1 Å². The Morgan fingerprint density at radius 2 is 2.31 bits per heavy atom. The topological polar surface area (TPSA) is 38.3 Å². The molecule has 1 aliphatic heterocycles. The molecule has 1 aromatic heterocycles. The van der Waals surface area contributed by atoms with E-state index in [0.29, 0.717) is 0 Å². The number of nitrogens with one attached hydrogen (secondary N) is 1. The first-order valence-corrected chi connectivity index (χ1v) is 6.62. The van der Waals surface area contributed by atoms with Crippen LogP contribution in [0.15, 0.2) is 17.5 Å². The minimum Gasteiger partial charge on any atom is -0.381 e. The summed E-state index contributed by atoms with van der Waals surface area (Å²) < 4.78 is 5.23. The lowest BCUT2D eigenvalue weighted by molar-refractivity contribution is -0.127. The molecule has 2 heterocycles. The Kier molecular flexibility index (Phi) is 4.36. The molecule has 0 atom stereocenters. The van der Waals surface area contributed by atoms with Crippen LogP contribution in [0.2, 0.25) is 0 Å². The van der Waals surface area contributed by atoms with Crippen LogP contribution < -0.4 is 5.32 Å². The van der Waals surface area contributed by atoms with Gasteiger partial charge in [-0.3, -0.25) is 4.79 Å². The maximum atomic E-state index is 11.8. The third-order valence-electron chi connectivity index (χ3n) is 2.84. The van der Waals surface area contributed by atoms with Crippen molar-refractivity contribution in [2.45, 2.75) is 19.3 Å². The lowest BCUT2D eigenvalue weighted by Crippen LogP contribution is -2.35. The first kappa shape index (κ1) is 11.6. The van der Waals surface area contributed by atoms with Gasteiger partial charge in [0.15, 0.2) is 0 Å². The number of hydrogen-bond acceptors (Lipinski definition) is 3. The van der Waals surface area contributed by atoms with Gasteiger partial charge in [-0.1, -0.05) is 6.07 Å². The van der Waals surface area contributed by atoms with Crippen LogP contribution in [0.1, 0.15) is 17.7 Å². The Balaban J connectivity index is 1.67. The van der Waals surface area contributed by atoms with Gasteiger partial charge in [0.1, 0.15) is 0 Å². The highest BCUT2D eigenvalue weighted by Crippen LogP contribution is 2.14. The normalized spacial score (nSPS) is 17.2. The summed E-state index contributed by atoms with van der Waals surface area (Å²) in [6.45, 7) is 2.20. The van der Waals surface area contributed by atoms with Crippen LogP contribution in [0.5, 0.6) is 0 Å². The summed E-state index contributed by atoms with van der Waals surface area (Å²) in [4.78, 5) is 13.1. The van der Waals surface area contributed by atoms with E-state index in [4.69, 9.17) is 4.74 Å². The molecular formula is C12H17NO2S. The highest BCUT2D eigenvalue weighted by atomic mass is 32.1. The molecule has 0 spiro atoms. The summed E-state index contributed by atoms with van der Waals surface area (Å²) in [5.74, 6) is 0.358. The van der Waals surface area contributed by atoms with Gasteiger partial charge in [0.25, 0.3) is 0 Å². The molecular weight excluding hydrogens is 222 g/mol. The SMILES string of the molecule is O=C(NCCc1cccs1)C1CCOCC1. The van der Waals surface area contributed by atoms with Crippen LogP contribution in [0.4, 0.5) is 0 Å². The van der Waals surface area contributed by atoms with Gasteiger partial charge >= 0.3 is 0 Å². The van der Waals surface area contributed by atoms with Gasteiger partial charge in [-0.25, -0.2) is 0 Å². The van der Waals surface area contributed by atoms with Crippen molar-refractivity contribution in [2.24, 2.45) is 5.92 Å². The Hall–Kier alpha value is -0.870. The lowest BCUT2D eigenvalue weighted by Gasteiger charge is -2.21. The monoisotopic (exact) mass is 239 g/mol. The zero-order chi connectivity index (χ0) is 11.2. The average Bonchev–Trinajstić information content (AvgIpc) is 2.83. The molecule has 0 aromatic carbocycles. The second kappa shape index (κ2) is 6.01. The molecule has 1 amide bonds. The predicted octanol–water partition coefficient (Wildman–Crippen LogP) is 1.83. The molecule has 1 aliphatic rings. The molecule has 16 heavy (non-hydrogen) atoms. The highest BCUT2D eigenvalue weighted by Gasteiger charge is 2.20. The van der Waals surface area contributed by atoms with E-state index in [-0.39, 0.29) is 11.8 Å². The molecule has 4 heteroatoms. The van der Waals surface area contributed by atoms with Crippen molar-refractivity contribution >= 4 is 17.2 Å². The number of thiophene rings is 1. The molecule has 1 saturated heterocycles. The predicted molar refractivity (Wildman–Crippen MR) is 64.6 cm³/mol. The molecule has 1 fully saturated rings. The van der Waals surface area contributed by atoms with Gasteiger partial charge in [-0.05, 0) is 30.7 Å². The maximum absolute atomic E-state index is 11.8. The largest absolute Gasteiger partial charge is 0.381 e. The molecule has 1 N–H and O–H groups in total. The van der Waals surface area contributed by atoms with Crippen LogP contribution in [0.25, 0.3) is 0 Å². The Morgan fingerprint density at radius 1 is 1.50 bits per heavy atom. The van der Waals surface area contributed by atoms with Crippen molar-refractivity contribution in [3.8, 4) is 0 Å². The van der Waals surface area contributed by atoms with Crippen LogP contribution in [0.3, 0.4) is 0 Å². The Bertz CT molecular complexity index is 318. The molecule has 0 radical (unpaired) electrons. The Labute approximate surface area is 99.8 Å². The van der Waals surface area contributed by atoms with Crippen molar-refractivity contribution in [2.75, 3.05) is 19.8 Å². The molecule has 0 bridgehead atoms. The molecule has 0 saturated carbocycles. The molecule has 0 unspecified atom stereocenters. The molecule has 3 nitrogen and oxygen atoms in total. The summed E-state index contributed by atoms with van der Waals surface area (Å²) in [6, 6.07) is 4.14. The van der Waals surface area contributed by atoms with Crippen molar-refractivity contribution in [3.63, 3.8) is 0 Å². The second-order valence-corrected chi connectivity index (χ2v) is 5.04. The first-order chi connectivity index (χ1) is 7.86. The van der Waals surface area contributed by atoms with E-state index < -0.39 is 0 Å². The van der Waals surface area contributed by atoms with E-state index in [1.165, 1.54) is 4.88 Å². The fraction of sp³-hybridized carbons (Fsp3) is 0.583. The third kappa shape index (κ3) is 3.32. The van der Waals surface area contributed by atoms with E-state index in [1.807, 2.05) is 6.07 Å². The number of amides is 1. The van der Waals surface area contributed by atoms with Crippen molar-refractivity contribution in [1.29, 1.82) is 0 Å². The number of carbonyl (C=O) groups excluding carboxylic acids is 1. The second-order valence-electron chi connectivity index (χ2n) is 4.01. The van der Waals surface area contributed by atoms with Crippen LogP contribution in [0, 0.1) is 5.92 Å². The van der Waals surface area contributed by atoms with Crippen molar-refractivity contribution in [3.05, 3.63) is 22.4 Å². The summed E-state index contributed by atoms with van der Waals surface area (Å²) in [7, 11) is 0. The van der Waals surface area contributed by atoms with Crippen LogP contribution >= 0.6 is 11.3 Å². The van der Waals surface area contributed by atoms with E-state index in [0.717, 1.165) is 39.0 Å². The summed E-state index contributed by atoms with van der Waals surface area (Å²) >= 11 is 1.74. The van der Waals surface area contributed by atoms with Crippen molar-refractivity contribution < 1.29 is 9.53 Å². The molecule has 2 rings (SSSR count). The van der Waals surface area contributed by atoms with Gasteiger partial charge in [0.05, 0.1) is 0 Å². The zero-order valence-corrected chi connectivity index (χ0v) is 10.1. The molecule has 1 aromatic rings. The molecule has 0 aliphatic carbocycles. The maximum Gasteiger partial charge on any atom is 0.223 e. The fourth-order valence-electron chi connectivity index (χ4n) is 1.87. The number of ether oxygens (including phenoxy) is 1. The van der Waals surface area contributed by atoms with Crippen molar-refractivity contribution in [1.82, 2.24) is 5.32 Å². The van der Waals surface area contributed by atoms with Crippen LogP contribution in [-0.4, -0.2) is 25.7 Å². The summed E-state index contributed by atoms with van der Waals surface area (Å²) in [5.41, 5.74) is 0. The van der Waals surface area contributed by atoms with Crippen LogP contribution in [-0.2, 0) is 16.0 Å². The average molecular weight is 239 g/mol. The standard InChI is InChI=1S/C12H17NO2S/c14-12(10-4-7-15-8-5-10)13-6-3-11-2-1-9-16-11/h1-2,9-10H,3-8H2,(H,13,14). The van der Waals surface area contributed by atoms with Gasteiger partial charge in [0.2, 0.25) is 5.91 Å². The fourth-order valence-corrected chi connectivity index (χ4v) is 2.58.